The first-order valence-electron chi connectivity index (χ1n) is 5.85. The molecule has 1 fully saturated rings. The molecule has 0 saturated heterocycles. The highest BCUT2D eigenvalue weighted by atomic mass is 16.6. The van der Waals surface area contributed by atoms with Crippen molar-refractivity contribution in [2.45, 2.75) is 39.2 Å². The molecule has 2 rings (SSSR count). The zero-order valence-corrected chi connectivity index (χ0v) is 9.70. The van der Waals surface area contributed by atoms with Crippen LogP contribution in [0, 0.1) is 12.3 Å². The Morgan fingerprint density at radius 2 is 2.12 bits per heavy atom. The summed E-state index contributed by atoms with van der Waals surface area (Å²) in [5.41, 5.74) is 1.77. The van der Waals surface area contributed by atoms with E-state index in [-0.39, 0.29) is 12.0 Å². The second kappa shape index (κ2) is 4.93. The summed E-state index contributed by atoms with van der Waals surface area (Å²) >= 11 is 0. The van der Waals surface area contributed by atoms with Gasteiger partial charge in [0.25, 0.3) is 0 Å². The van der Waals surface area contributed by atoms with Crippen LogP contribution in [-0.4, -0.2) is 28.6 Å². The number of aromatic nitrogens is 2. The van der Waals surface area contributed by atoms with Crippen LogP contribution in [0.5, 0.6) is 0 Å². The van der Waals surface area contributed by atoms with E-state index in [0.717, 1.165) is 30.8 Å². The van der Waals surface area contributed by atoms with Gasteiger partial charge in [0.05, 0.1) is 0 Å². The fraction of sp³-hybridized carbons (Fsp3) is 0.818. The zero-order valence-electron chi connectivity index (χ0n) is 9.70. The van der Waals surface area contributed by atoms with Gasteiger partial charge in [-0.3, -0.25) is 0 Å². The van der Waals surface area contributed by atoms with Crippen molar-refractivity contribution in [3.05, 3.63) is 11.4 Å². The van der Waals surface area contributed by atoms with Gasteiger partial charge in [-0.15, -0.1) is 0 Å². The van der Waals surface area contributed by atoms with Gasteiger partial charge in [0, 0.05) is 25.1 Å². The Morgan fingerprint density at radius 1 is 1.38 bits per heavy atom. The second-order valence-corrected chi connectivity index (χ2v) is 4.77. The van der Waals surface area contributed by atoms with Crippen molar-refractivity contribution in [2.75, 3.05) is 13.2 Å². The minimum absolute atomic E-state index is 0.0884. The van der Waals surface area contributed by atoms with Gasteiger partial charge < -0.3 is 10.4 Å². The predicted molar refractivity (Wildman–Crippen MR) is 58.7 cm³/mol. The molecule has 16 heavy (non-hydrogen) atoms. The highest BCUT2D eigenvalue weighted by Gasteiger charge is 2.32. The molecule has 90 valence electrons. The van der Waals surface area contributed by atoms with Crippen molar-refractivity contribution in [1.29, 1.82) is 0 Å². The lowest BCUT2D eigenvalue weighted by atomic mass is 9.87. The van der Waals surface area contributed by atoms with Crippen LogP contribution < -0.4 is 5.32 Å². The normalized spacial score (nSPS) is 19.1. The van der Waals surface area contributed by atoms with E-state index in [1.54, 1.807) is 0 Å². The fourth-order valence-electron chi connectivity index (χ4n) is 2.37. The number of nitrogens with zero attached hydrogens (tertiary/aromatic N) is 2. The van der Waals surface area contributed by atoms with Gasteiger partial charge in [-0.2, -0.15) is 0 Å². The highest BCUT2D eigenvalue weighted by Crippen LogP contribution is 2.36. The lowest BCUT2D eigenvalue weighted by molar-refractivity contribution is 0.128. The molecular formula is C11H19N3O2. The van der Waals surface area contributed by atoms with Crippen LogP contribution in [0.25, 0.3) is 0 Å². The Hall–Kier alpha value is -0.940. The molecule has 0 amide bonds. The molecule has 0 aliphatic heterocycles. The summed E-state index contributed by atoms with van der Waals surface area (Å²) in [7, 11) is 0. The molecule has 1 aromatic rings. The first-order chi connectivity index (χ1) is 7.76. The molecule has 1 heterocycles. The number of aryl methyl sites for hydroxylation is 1. The Labute approximate surface area is 95.2 Å². The second-order valence-electron chi connectivity index (χ2n) is 4.77. The number of hydrogen-bond donors (Lipinski definition) is 2. The maximum atomic E-state index is 9.44. The van der Waals surface area contributed by atoms with Gasteiger partial charge in [-0.1, -0.05) is 23.2 Å². The van der Waals surface area contributed by atoms with E-state index in [9.17, 15) is 5.11 Å². The first-order valence-corrected chi connectivity index (χ1v) is 5.85. The van der Waals surface area contributed by atoms with E-state index in [2.05, 4.69) is 20.3 Å². The summed E-state index contributed by atoms with van der Waals surface area (Å²) < 4.78 is 4.63. The molecule has 0 radical (unpaired) electrons. The van der Waals surface area contributed by atoms with Gasteiger partial charge in [0.1, 0.15) is 11.4 Å². The Balaban J connectivity index is 1.81. The SMILES string of the molecule is Cc1nonc1CNCC1(CO)CCCC1. The Kier molecular flexibility index (Phi) is 3.56. The molecule has 1 aliphatic carbocycles. The zero-order chi connectivity index (χ0) is 11.4. The number of rotatable bonds is 5. The van der Waals surface area contributed by atoms with Crippen molar-refractivity contribution in [2.24, 2.45) is 5.41 Å². The minimum Gasteiger partial charge on any atom is -0.396 e. The number of aliphatic hydroxyl groups is 1. The van der Waals surface area contributed by atoms with Crippen LogP contribution in [0.2, 0.25) is 0 Å². The van der Waals surface area contributed by atoms with Gasteiger partial charge in [0.2, 0.25) is 0 Å². The number of nitrogens with one attached hydrogen (secondary N) is 1. The summed E-state index contributed by atoms with van der Waals surface area (Å²) in [6.45, 7) is 3.66. The standard InChI is InChI=1S/C11H19N3O2/c1-9-10(14-16-13-9)6-12-7-11(8-15)4-2-3-5-11/h12,15H,2-8H2,1H3. The molecule has 5 heteroatoms. The van der Waals surface area contributed by atoms with Gasteiger partial charge in [0.15, 0.2) is 0 Å². The minimum atomic E-state index is 0.0884. The van der Waals surface area contributed by atoms with Crippen molar-refractivity contribution < 1.29 is 9.74 Å². The molecule has 0 spiro atoms. The van der Waals surface area contributed by atoms with E-state index in [1.807, 2.05) is 6.92 Å². The van der Waals surface area contributed by atoms with E-state index in [4.69, 9.17) is 0 Å². The predicted octanol–water partition coefficient (Wildman–Crippen LogP) is 1.02. The van der Waals surface area contributed by atoms with Crippen LogP contribution in [-0.2, 0) is 6.54 Å². The molecule has 0 bridgehead atoms. The summed E-state index contributed by atoms with van der Waals surface area (Å²) in [6, 6.07) is 0. The molecule has 0 aromatic carbocycles. The van der Waals surface area contributed by atoms with Crippen LogP contribution in [0.15, 0.2) is 4.63 Å². The van der Waals surface area contributed by atoms with Crippen molar-refractivity contribution >= 4 is 0 Å². The van der Waals surface area contributed by atoms with Crippen LogP contribution in [0.1, 0.15) is 37.1 Å². The quantitative estimate of drug-likeness (QED) is 0.783. The summed E-state index contributed by atoms with van der Waals surface area (Å²) in [6.07, 6.45) is 4.69. The van der Waals surface area contributed by atoms with E-state index in [1.165, 1.54) is 12.8 Å². The maximum absolute atomic E-state index is 9.44. The van der Waals surface area contributed by atoms with Gasteiger partial charge in [-0.25, -0.2) is 4.63 Å². The summed E-state index contributed by atoms with van der Waals surface area (Å²) in [5.74, 6) is 0. The van der Waals surface area contributed by atoms with Crippen LogP contribution >= 0.6 is 0 Å². The Morgan fingerprint density at radius 3 is 2.69 bits per heavy atom. The smallest absolute Gasteiger partial charge is 0.121 e. The maximum Gasteiger partial charge on any atom is 0.121 e. The average molecular weight is 225 g/mol. The third-order valence-electron chi connectivity index (χ3n) is 3.54. The van der Waals surface area contributed by atoms with E-state index < -0.39 is 0 Å². The monoisotopic (exact) mass is 225 g/mol. The van der Waals surface area contributed by atoms with E-state index in [0.29, 0.717) is 6.54 Å². The molecule has 0 unspecified atom stereocenters. The Bertz CT molecular complexity index is 332. The number of hydrogen-bond acceptors (Lipinski definition) is 5. The largest absolute Gasteiger partial charge is 0.396 e. The van der Waals surface area contributed by atoms with Crippen molar-refractivity contribution in [3.63, 3.8) is 0 Å². The molecule has 0 atom stereocenters. The number of aliphatic hydroxyl groups excluding tert-OH is 1. The average Bonchev–Trinajstić information content (AvgIpc) is 2.90. The van der Waals surface area contributed by atoms with Crippen LogP contribution in [0.3, 0.4) is 0 Å². The summed E-state index contributed by atoms with van der Waals surface area (Å²) in [4.78, 5) is 0. The van der Waals surface area contributed by atoms with Crippen molar-refractivity contribution in [3.8, 4) is 0 Å². The highest BCUT2D eigenvalue weighted by molar-refractivity contribution is 5.04. The molecule has 5 nitrogen and oxygen atoms in total. The molecule has 1 aliphatic rings. The van der Waals surface area contributed by atoms with Gasteiger partial charge in [-0.05, 0) is 19.8 Å². The third-order valence-corrected chi connectivity index (χ3v) is 3.54. The van der Waals surface area contributed by atoms with Crippen molar-refractivity contribution in [1.82, 2.24) is 15.6 Å². The lowest BCUT2D eigenvalue weighted by Gasteiger charge is -2.26. The van der Waals surface area contributed by atoms with Gasteiger partial charge >= 0.3 is 0 Å². The molecule has 2 N–H and O–H groups in total. The molecular weight excluding hydrogens is 206 g/mol. The topological polar surface area (TPSA) is 71.2 Å². The van der Waals surface area contributed by atoms with Crippen LogP contribution in [0.4, 0.5) is 0 Å². The fourth-order valence-corrected chi connectivity index (χ4v) is 2.37. The summed E-state index contributed by atoms with van der Waals surface area (Å²) in [5, 5.41) is 20.3. The third kappa shape index (κ3) is 2.41. The molecule has 1 saturated carbocycles. The molecule has 1 aromatic heterocycles. The lowest BCUT2D eigenvalue weighted by Crippen LogP contribution is -2.35. The first kappa shape index (κ1) is 11.5. The van der Waals surface area contributed by atoms with E-state index >= 15 is 0 Å².